The average molecular weight is 398 g/mol. The van der Waals surface area contributed by atoms with Crippen LogP contribution in [0.15, 0.2) is 24.3 Å². The fourth-order valence-corrected chi connectivity index (χ4v) is 3.22. The predicted molar refractivity (Wildman–Crippen MR) is 106 cm³/mol. The second-order valence-corrected chi connectivity index (χ2v) is 7.14. The summed E-state index contributed by atoms with van der Waals surface area (Å²) in [5.74, 6) is 1.25. The molecule has 26 heavy (non-hydrogen) atoms. The zero-order chi connectivity index (χ0) is 17.8. The molecule has 1 aromatic heterocycles. The van der Waals surface area contributed by atoms with E-state index in [1.807, 2.05) is 32.0 Å². The van der Waals surface area contributed by atoms with E-state index in [1.165, 1.54) is 0 Å². The first-order chi connectivity index (χ1) is 12.1. The Morgan fingerprint density at radius 2 is 2.19 bits per heavy atom. The van der Waals surface area contributed by atoms with Crippen molar-refractivity contribution in [2.45, 2.75) is 32.6 Å². The number of halogens is 2. The molecule has 0 spiro atoms. The lowest BCUT2D eigenvalue weighted by atomic mass is 10.00. The molecule has 0 radical (unpaired) electrons. The predicted octanol–water partition coefficient (Wildman–Crippen LogP) is 3.20. The van der Waals surface area contributed by atoms with Crippen LogP contribution in [0.2, 0.25) is 5.02 Å². The summed E-state index contributed by atoms with van der Waals surface area (Å²) in [4.78, 5) is 16.9. The highest BCUT2D eigenvalue weighted by atomic mass is 35.5. The SMILES string of the molecule is CC(C)c1nc(C(=O)NCC2CCCNC2)nn1-c1ccccc1Cl.Cl. The minimum atomic E-state index is -0.238. The number of para-hydroxylation sites is 1. The van der Waals surface area contributed by atoms with E-state index in [0.717, 1.165) is 37.4 Å². The van der Waals surface area contributed by atoms with Crippen LogP contribution in [0.25, 0.3) is 5.69 Å². The minimum absolute atomic E-state index is 0. The van der Waals surface area contributed by atoms with Crippen LogP contribution >= 0.6 is 24.0 Å². The molecule has 1 saturated heterocycles. The molecule has 1 fully saturated rings. The molecular formula is C18H25Cl2N5O. The van der Waals surface area contributed by atoms with Crippen molar-refractivity contribution in [3.8, 4) is 5.69 Å². The summed E-state index contributed by atoms with van der Waals surface area (Å²) in [7, 11) is 0. The summed E-state index contributed by atoms with van der Waals surface area (Å²) < 4.78 is 1.67. The molecule has 142 valence electrons. The maximum atomic E-state index is 12.5. The zero-order valence-corrected chi connectivity index (χ0v) is 16.6. The Bertz CT molecular complexity index is 741. The van der Waals surface area contributed by atoms with Gasteiger partial charge >= 0.3 is 0 Å². The number of piperidine rings is 1. The molecule has 0 bridgehead atoms. The Hall–Kier alpha value is -1.63. The molecule has 1 aliphatic heterocycles. The van der Waals surface area contributed by atoms with Crippen molar-refractivity contribution in [2.75, 3.05) is 19.6 Å². The third kappa shape index (κ3) is 4.75. The van der Waals surface area contributed by atoms with Gasteiger partial charge in [0.25, 0.3) is 5.91 Å². The van der Waals surface area contributed by atoms with Gasteiger partial charge in [0.1, 0.15) is 5.82 Å². The molecule has 1 aliphatic rings. The molecule has 2 aromatic rings. The summed E-state index contributed by atoms with van der Waals surface area (Å²) in [6, 6.07) is 7.43. The van der Waals surface area contributed by atoms with Crippen molar-refractivity contribution in [1.29, 1.82) is 0 Å². The Morgan fingerprint density at radius 1 is 1.42 bits per heavy atom. The summed E-state index contributed by atoms with van der Waals surface area (Å²) in [6.07, 6.45) is 2.28. The van der Waals surface area contributed by atoms with E-state index in [-0.39, 0.29) is 30.1 Å². The number of nitrogens with zero attached hydrogens (tertiary/aromatic N) is 3. The first kappa shape index (κ1) is 20.7. The lowest BCUT2D eigenvalue weighted by Crippen LogP contribution is -2.38. The highest BCUT2D eigenvalue weighted by molar-refractivity contribution is 6.32. The number of carbonyl (C=O) groups excluding carboxylic acids is 1. The number of amides is 1. The van der Waals surface area contributed by atoms with Gasteiger partial charge in [0.15, 0.2) is 0 Å². The molecule has 2 heterocycles. The smallest absolute Gasteiger partial charge is 0.290 e. The minimum Gasteiger partial charge on any atom is -0.349 e. The van der Waals surface area contributed by atoms with Crippen LogP contribution in [0.5, 0.6) is 0 Å². The van der Waals surface area contributed by atoms with E-state index in [0.29, 0.717) is 17.5 Å². The van der Waals surface area contributed by atoms with E-state index < -0.39 is 0 Å². The number of rotatable bonds is 5. The molecule has 2 N–H and O–H groups in total. The van der Waals surface area contributed by atoms with E-state index in [2.05, 4.69) is 20.7 Å². The third-order valence-electron chi connectivity index (χ3n) is 4.38. The van der Waals surface area contributed by atoms with Gasteiger partial charge in [0.05, 0.1) is 10.7 Å². The van der Waals surface area contributed by atoms with Gasteiger partial charge in [-0.25, -0.2) is 9.67 Å². The van der Waals surface area contributed by atoms with Crippen LogP contribution in [-0.4, -0.2) is 40.3 Å². The second kappa shape index (κ2) is 9.35. The van der Waals surface area contributed by atoms with Crippen LogP contribution in [0.4, 0.5) is 0 Å². The highest BCUT2D eigenvalue weighted by Crippen LogP contribution is 2.23. The number of carbonyl (C=O) groups is 1. The average Bonchev–Trinajstić information content (AvgIpc) is 3.06. The van der Waals surface area contributed by atoms with E-state index >= 15 is 0 Å². The first-order valence-corrected chi connectivity index (χ1v) is 9.15. The van der Waals surface area contributed by atoms with Crippen molar-refractivity contribution >= 4 is 29.9 Å². The molecule has 3 rings (SSSR count). The van der Waals surface area contributed by atoms with Crippen LogP contribution in [0.1, 0.15) is 49.1 Å². The Kier molecular flexibility index (Phi) is 7.43. The summed E-state index contributed by atoms with van der Waals surface area (Å²) in [6.45, 7) is 6.69. The number of nitrogens with one attached hydrogen (secondary N) is 2. The van der Waals surface area contributed by atoms with Gasteiger partial charge in [-0.2, -0.15) is 0 Å². The lowest BCUT2D eigenvalue weighted by molar-refractivity contribution is 0.0934. The fourth-order valence-electron chi connectivity index (χ4n) is 3.01. The van der Waals surface area contributed by atoms with Gasteiger partial charge in [0, 0.05) is 12.5 Å². The summed E-state index contributed by atoms with van der Waals surface area (Å²) >= 11 is 6.29. The van der Waals surface area contributed by atoms with Crippen molar-refractivity contribution in [3.05, 3.63) is 40.9 Å². The van der Waals surface area contributed by atoms with Crippen molar-refractivity contribution in [2.24, 2.45) is 5.92 Å². The number of aromatic nitrogens is 3. The lowest BCUT2D eigenvalue weighted by Gasteiger charge is -2.22. The molecule has 0 aliphatic carbocycles. The Morgan fingerprint density at radius 3 is 2.85 bits per heavy atom. The van der Waals surface area contributed by atoms with E-state index in [1.54, 1.807) is 10.7 Å². The maximum Gasteiger partial charge on any atom is 0.290 e. The van der Waals surface area contributed by atoms with E-state index in [9.17, 15) is 4.79 Å². The molecule has 1 amide bonds. The number of benzene rings is 1. The van der Waals surface area contributed by atoms with Gasteiger partial charge in [-0.3, -0.25) is 4.79 Å². The van der Waals surface area contributed by atoms with Gasteiger partial charge in [-0.1, -0.05) is 37.6 Å². The topological polar surface area (TPSA) is 71.8 Å². The fraction of sp³-hybridized carbons (Fsp3) is 0.500. The quantitative estimate of drug-likeness (QED) is 0.812. The largest absolute Gasteiger partial charge is 0.349 e. The molecular weight excluding hydrogens is 373 g/mol. The molecule has 1 aromatic carbocycles. The maximum absolute atomic E-state index is 12.5. The van der Waals surface area contributed by atoms with Gasteiger partial charge in [-0.05, 0) is 44.0 Å². The number of hydrogen-bond donors (Lipinski definition) is 2. The van der Waals surface area contributed by atoms with Gasteiger partial charge < -0.3 is 10.6 Å². The molecule has 0 saturated carbocycles. The standard InChI is InChI=1S/C18H24ClN5O.ClH/c1-12(2)17-22-16(18(25)21-11-13-6-5-9-20-10-13)23-24(17)15-8-4-3-7-14(15)19;/h3-4,7-8,12-13,20H,5-6,9-11H2,1-2H3,(H,21,25);1H. The second-order valence-electron chi connectivity index (χ2n) is 6.73. The highest BCUT2D eigenvalue weighted by Gasteiger charge is 2.21. The van der Waals surface area contributed by atoms with Crippen LogP contribution in [0.3, 0.4) is 0 Å². The summed E-state index contributed by atoms with van der Waals surface area (Å²) in [5, 5.41) is 11.3. The molecule has 8 heteroatoms. The molecule has 1 unspecified atom stereocenters. The zero-order valence-electron chi connectivity index (χ0n) is 15.0. The summed E-state index contributed by atoms with van der Waals surface area (Å²) in [5.41, 5.74) is 0.732. The van der Waals surface area contributed by atoms with Crippen LogP contribution in [-0.2, 0) is 0 Å². The van der Waals surface area contributed by atoms with Crippen LogP contribution < -0.4 is 10.6 Å². The van der Waals surface area contributed by atoms with Crippen molar-refractivity contribution < 1.29 is 4.79 Å². The number of hydrogen-bond acceptors (Lipinski definition) is 4. The Balaban J connectivity index is 0.00000243. The van der Waals surface area contributed by atoms with Gasteiger partial charge in [0.2, 0.25) is 5.82 Å². The normalized spacial score (nSPS) is 17.0. The molecule has 6 nitrogen and oxygen atoms in total. The molecule has 1 atom stereocenters. The van der Waals surface area contributed by atoms with E-state index in [4.69, 9.17) is 11.6 Å². The van der Waals surface area contributed by atoms with Gasteiger partial charge in [-0.15, -0.1) is 17.5 Å². The Labute approximate surface area is 165 Å². The first-order valence-electron chi connectivity index (χ1n) is 8.77. The van der Waals surface area contributed by atoms with Crippen LogP contribution in [0, 0.1) is 5.92 Å². The van der Waals surface area contributed by atoms with Crippen molar-refractivity contribution in [1.82, 2.24) is 25.4 Å². The monoisotopic (exact) mass is 397 g/mol. The van der Waals surface area contributed by atoms with Crippen molar-refractivity contribution in [3.63, 3.8) is 0 Å². The third-order valence-corrected chi connectivity index (χ3v) is 4.70.